The fraction of sp³-hybridized carbons (Fsp3) is 0.0377. The summed E-state index contributed by atoms with van der Waals surface area (Å²) in [5.74, 6) is 1.94. The van der Waals surface area contributed by atoms with Crippen molar-refractivity contribution in [2.75, 3.05) is 4.90 Å². The maximum Gasteiger partial charge on any atom is 0.164 e. The van der Waals surface area contributed by atoms with E-state index in [1.165, 1.54) is 38.5 Å². The summed E-state index contributed by atoms with van der Waals surface area (Å²) in [6, 6.07) is 73.4. The molecule has 8 aromatic carbocycles. The third-order valence-electron chi connectivity index (χ3n) is 11.6. The molecule has 0 N–H and O–H groups in total. The number of hydrogen-bond donors (Lipinski definition) is 0. The van der Waals surface area contributed by atoms with Gasteiger partial charge in [0.1, 0.15) is 5.54 Å². The van der Waals surface area contributed by atoms with Crippen LogP contribution >= 0.6 is 0 Å². The zero-order valence-electron chi connectivity index (χ0n) is 31.9. The van der Waals surface area contributed by atoms with Gasteiger partial charge in [0.25, 0.3) is 0 Å². The Balaban J connectivity index is 1.14. The molecule has 11 rings (SSSR count). The first kappa shape index (κ1) is 33.7. The van der Waals surface area contributed by atoms with E-state index in [-0.39, 0.29) is 0 Å². The third-order valence-corrected chi connectivity index (χ3v) is 11.6. The minimum atomic E-state index is -0.699. The molecular weight excluding hydrogens is 707 g/mol. The number of rotatable bonds is 6. The maximum atomic E-state index is 5.07. The van der Waals surface area contributed by atoms with E-state index in [1.54, 1.807) is 0 Å². The summed E-state index contributed by atoms with van der Waals surface area (Å²) in [4.78, 5) is 17.5. The van der Waals surface area contributed by atoms with Gasteiger partial charge in [-0.1, -0.05) is 164 Å². The van der Waals surface area contributed by atoms with Crippen molar-refractivity contribution in [3.05, 3.63) is 229 Å². The molecule has 3 heterocycles. The Labute approximate surface area is 337 Å². The smallest absolute Gasteiger partial charge is 0.164 e. The molecule has 0 saturated heterocycles. The van der Waals surface area contributed by atoms with E-state index >= 15 is 0 Å². The molecule has 0 amide bonds. The Bertz CT molecular complexity index is 2980. The molecular formula is C53H37N5. The maximum absolute atomic E-state index is 5.07. The summed E-state index contributed by atoms with van der Waals surface area (Å²) in [6.07, 6.45) is 0. The van der Waals surface area contributed by atoms with Crippen LogP contribution in [0.4, 0.5) is 17.1 Å². The zero-order chi connectivity index (χ0) is 38.6. The fourth-order valence-electron chi connectivity index (χ4n) is 9.11. The van der Waals surface area contributed by atoms with E-state index in [0.29, 0.717) is 17.5 Å². The van der Waals surface area contributed by atoms with E-state index in [0.717, 1.165) is 39.3 Å². The number of para-hydroxylation sites is 4. The van der Waals surface area contributed by atoms with E-state index in [2.05, 4.69) is 162 Å². The number of hydrogen-bond acceptors (Lipinski definition) is 4. The Hall–Kier alpha value is -7.63. The van der Waals surface area contributed by atoms with Crippen molar-refractivity contribution in [2.24, 2.45) is 0 Å². The van der Waals surface area contributed by atoms with E-state index in [4.69, 9.17) is 15.0 Å². The number of fused-ring (bicyclic) bond motifs is 5. The molecule has 10 aromatic rings. The van der Waals surface area contributed by atoms with Crippen LogP contribution in [0.2, 0.25) is 0 Å². The molecule has 0 unspecified atom stereocenters. The van der Waals surface area contributed by atoms with E-state index in [1.807, 2.05) is 60.7 Å². The second-order valence-electron chi connectivity index (χ2n) is 14.9. The summed E-state index contributed by atoms with van der Waals surface area (Å²) in [5.41, 5.74) is 12.5. The number of aryl methyl sites for hydroxylation is 1. The summed E-state index contributed by atoms with van der Waals surface area (Å²) in [5, 5.41) is 2.47. The molecule has 274 valence electrons. The van der Waals surface area contributed by atoms with E-state index in [9.17, 15) is 0 Å². The van der Waals surface area contributed by atoms with Crippen molar-refractivity contribution in [3.63, 3.8) is 0 Å². The third kappa shape index (κ3) is 5.14. The van der Waals surface area contributed by atoms with Crippen LogP contribution in [0.3, 0.4) is 0 Å². The molecule has 5 nitrogen and oxygen atoms in total. The molecule has 0 radical (unpaired) electrons. The average Bonchev–Trinajstić information content (AvgIpc) is 3.63. The highest BCUT2D eigenvalue weighted by Crippen LogP contribution is 2.57. The van der Waals surface area contributed by atoms with Gasteiger partial charge >= 0.3 is 0 Å². The predicted molar refractivity (Wildman–Crippen MR) is 237 cm³/mol. The SMILES string of the molecule is Cc1cc(N2c3ccccc3C(c3ccccc3)(n3c4ccccc4c4ccccc43)c3ccccc32)ccc1-c1nc(-c2ccccc2)nc(-c2ccccc2)n1. The van der Waals surface area contributed by atoms with Crippen LogP contribution in [-0.4, -0.2) is 19.5 Å². The minimum Gasteiger partial charge on any atom is -0.322 e. The van der Waals surface area contributed by atoms with Crippen LogP contribution < -0.4 is 4.90 Å². The van der Waals surface area contributed by atoms with Crippen LogP contribution in [0.15, 0.2) is 206 Å². The van der Waals surface area contributed by atoms with Crippen molar-refractivity contribution < 1.29 is 0 Å². The number of benzene rings is 8. The highest BCUT2D eigenvalue weighted by atomic mass is 15.2. The molecule has 1 aliphatic rings. The van der Waals surface area contributed by atoms with Crippen LogP contribution in [-0.2, 0) is 5.54 Å². The molecule has 0 spiro atoms. The average molecular weight is 744 g/mol. The van der Waals surface area contributed by atoms with Gasteiger partial charge in [-0.25, -0.2) is 15.0 Å². The number of anilines is 3. The predicted octanol–water partition coefficient (Wildman–Crippen LogP) is 12.9. The van der Waals surface area contributed by atoms with Crippen molar-refractivity contribution >= 4 is 38.9 Å². The molecule has 0 saturated carbocycles. The molecule has 58 heavy (non-hydrogen) atoms. The quantitative estimate of drug-likeness (QED) is 0.170. The Morgan fingerprint density at radius 2 is 0.862 bits per heavy atom. The summed E-state index contributed by atoms with van der Waals surface area (Å²) < 4.78 is 2.59. The highest BCUT2D eigenvalue weighted by Gasteiger charge is 2.47. The largest absolute Gasteiger partial charge is 0.322 e. The van der Waals surface area contributed by atoms with Gasteiger partial charge in [0.05, 0.1) is 22.4 Å². The molecule has 0 aliphatic carbocycles. The van der Waals surface area contributed by atoms with Crippen molar-refractivity contribution in [1.29, 1.82) is 0 Å². The van der Waals surface area contributed by atoms with Crippen LogP contribution in [0, 0.1) is 6.92 Å². The molecule has 5 heteroatoms. The molecule has 1 aliphatic heterocycles. The van der Waals surface area contributed by atoms with Gasteiger partial charge in [-0.15, -0.1) is 0 Å². The van der Waals surface area contributed by atoms with Gasteiger partial charge in [0.2, 0.25) is 0 Å². The second-order valence-corrected chi connectivity index (χ2v) is 14.9. The van der Waals surface area contributed by atoms with Gasteiger partial charge in [0.15, 0.2) is 17.5 Å². The number of aromatic nitrogens is 4. The Kier molecular flexibility index (Phi) is 7.86. The molecule has 0 atom stereocenters. The Morgan fingerprint density at radius 1 is 0.414 bits per heavy atom. The lowest BCUT2D eigenvalue weighted by atomic mass is 9.72. The first-order valence-electron chi connectivity index (χ1n) is 19.7. The van der Waals surface area contributed by atoms with Gasteiger partial charge in [-0.3, -0.25) is 0 Å². The monoisotopic (exact) mass is 743 g/mol. The van der Waals surface area contributed by atoms with Crippen LogP contribution in [0.5, 0.6) is 0 Å². The lowest BCUT2D eigenvalue weighted by Gasteiger charge is -2.47. The number of nitrogens with zero attached hydrogens (tertiary/aromatic N) is 5. The van der Waals surface area contributed by atoms with Crippen molar-refractivity contribution in [2.45, 2.75) is 12.5 Å². The zero-order valence-corrected chi connectivity index (χ0v) is 31.9. The highest BCUT2D eigenvalue weighted by molar-refractivity contribution is 6.09. The fourth-order valence-corrected chi connectivity index (χ4v) is 9.11. The lowest BCUT2D eigenvalue weighted by Crippen LogP contribution is -2.42. The standard InChI is InChI=1S/C53H37N5/c1-36-35-40(33-34-41(36)52-55-50(37-19-5-2-6-20-37)54-51(56-52)38-21-7-3-8-22-38)57-48-31-17-13-27-44(48)53(39-23-9-4-10-24-39,45-28-14-18-32-49(45)57)58-46-29-15-11-25-42(46)43-26-12-16-30-47(43)58/h2-35H,1H3. The summed E-state index contributed by atoms with van der Waals surface area (Å²) in [7, 11) is 0. The van der Waals surface area contributed by atoms with Crippen molar-refractivity contribution in [3.8, 4) is 34.2 Å². The van der Waals surface area contributed by atoms with Crippen LogP contribution in [0.25, 0.3) is 56.0 Å². The molecule has 0 fully saturated rings. The van der Waals surface area contributed by atoms with Gasteiger partial charge in [-0.05, 0) is 60.5 Å². The Morgan fingerprint density at radius 3 is 1.40 bits per heavy atom. The normalized spacial score (nSPS) is 13.0. The van der Waals surface area contributed by atoms with Crippen LogP contribution in [0.1, 0.15) is 22.3 Å². The van der Waals surface area contributed by atoms with Gasteiger partial charge in [0, 0.05) is 44.3 Å². The topological polar surface area (TPSA) is 46.8 Å². The van der Waals surface area contributed by atoms with Crippen molar-refractivity contribution in [1.82, 2.24) is 19.5 Å². The first-order chi connectivity index (χ1) is 28.7. The second kappa shape index (κ2) is 13.5. The summed E-state index contributed by atoms with van der Waals surface area (Å²) >= 11 is 0. The van der Waals surface area contributed by atoms with E-state index < -0.39 is 5.54 Å². The van der Waals surface area contributed by atoms with Gasteiger partial charge < -0.3 is 9.47 Å². The lowest BCUT2D eigenvalue weighted by molar-refractivity contribution is 0.544. The molecule has 0 bridgehead atoms. The van der Waals surface area contributed by atoms with Gasteiger partial charge in [-0.2, -0.15) is 0 Å². The molecule has 2 aromatic heterocycles. The summed E-state index contributed by atoms with van der Waals surface area (Å²) in [6.45, 7) is 2.15. The minimum absolute atomic E-state index is 0.644. The first-order valence-corrected chi connectivity index (χ1v) is 19.7.